The maximum Gasteiger partial charge on any atom is 0.129 e. The number of hydrogen-bond donors (Lipinski definition) is 0. The Morgan fingerprint density at radius 1 is 1.25 bits per heavy atom. The molecule has 2 nitrogen and oxygen atoms in total. The van der Waals surface area contributed by atoms with Crippen LogP contribution in [-0.4, -0.2) is 9.55 Å². The minimum atomic E-state index is -0.264. The van der Waals surface area contributed by atoms with E-state index in [0.717, 1.165) is 26.8 Å². The van der Waals surface area contributed by atoms with Crippen LogP contribution in [0.15, 0.2) is 40.9 Å². The Labute approximate surface area is 129 Å². The second-order valence-corrected chi connectivity index (χ2v) is 5.80. The van der Waals surface area contributed by atoms with Crippen molar-refractivity contribution in [2.45, 2.75) is 12.8 Å². The SMILES string of the molecule is Cc1cc(F)cc(-n2c(CCl)nc3cc(Br)ccc32)c1. The van der Waals surface area contributed by atoms with Gasteiger partial charge in [-0.2, -0.15) is 0 Å². The molecule has 0 fully saturated rings. The highest BCUT2D eigenvalue weighted by molar-refractivity contribution is 9.10. The van der Waals surface area contributed by atoms with Gasteiger partial charge in [0.25, 0.3) is 0 Å². The van der Waals surface area contributed by atoms with Gasteiger partial charge in [-0.25, -0.2) is 9.37 Å². The summed E-state index contributed by atoms with van der Waals surface area (Å²) >= 11 is 9.41. The summed E-state index contributed by atoms with van der Waals surface area (Å²) in [7, 11) is 0. The lowest BCUT2D eigenvalue weighted by molar-refractivity contribution is 0.625. The molecule has 5 heteroatoms. The molecule has 0 N–H and O–H groups in total. The normalized spacial score (nSPS) is 11.2. The van der Waals surface area contributed by atoms with Crippen molar-refractivity contribution in [2.24, 2.45) is 0 Å². The lowest BCUT2D eigenvalue weighted by Crippen LogP contribution is -2.00. The number of fused-ring (bicyclic) bond motifs is 1. The van der Waals surface area contributed by atoms with E-state index >= 15 is 0 Å². The third-order valence-electron chi connectivity index (χ3n) is 3.09. The lowest BCUT2D eigenvalue weighted by Gasteiger charge is -2.09. The summed E-state index contributed by atoms with van der Waals surface area (Å²) in [6, 6.07) is 10.7. The number of hydrogen-bond acceptors (Lipinski definition) is 1. The number of aryl methyl sites for hydroxylation is 1. The highest BCUT2D eigenvalue weighted by Crippen LogP contribution is 2.26. The van der Waals surface area contributed by atoms with Crippen molar-refractivity contribution in [1.82, 2.24) is 9.55 Å². The molecule has 102 valence electrons. The molecule has 3 rings (SSSR count). The molecular formula is C15H11BrClFN2. The van der Waals surface area contributed by atoms with Gasteiger partial charge in [0.05, 0.1) is 22.6 Å². The zero-order valence-electron chi connectivity index (χ0n) is 10.7. The zero-order chi connectivity index (χ0) is 14.3. The first-order valence-corrected chi connectivity index (χ1v) is 7.41. The summed E-state index contributed by atoms with van der Waals surface area (Å²) in [6.45, 7) is 1.86. The maximum absolute atomic E-state index is 13.6. The van der Waals surface area contributed by atoms with E-state index in [1.165, 1.54) is 12.1 Å². The number of benzene rings is 2. The van der Waals surface area contributed by atoms with E-state index in [1.54, 1.807) is 0 Å². The average molecular weight is 354 g/mol. The van der Waals surface area contributed by atoms with Gasteiger partial charge >= 0.3 is 0 Å². The largest absolute Gasteiger partial charge is 0.295 e. The smallest absolute Gasteiger partial charge is 0.129 e. The predicted molar refractivity (Wildman–Crippen MR) is 83.0 cm³/mol. The fourth-order valence-electron chi connectivity index (χ4n) is 2.33. The summed E-state index contributed by atoms with van der Waals surface area (Å²) in [5.74, 6) is 0.700. The third-order valence-corrected chi connectivity index (χ3v) is 3.82. The molecule has 2 aromatic carbocycles. The first kappa shape index (κ1) is 13.6. The van der Waals surface area contributed by atoms with Crippen LogP contribution in [0.5, 0.6) is 0 Å². The molecule has 0 atom stereocenters. The number of rotatable bonds is 2. The quantitative estimate of drug-likeness (QED) is 0.594. The third kappa shape index (κ3) is 2.34. The van der Waals surface area contributed by atoms with Crippen LogP contribution >= 0.6 is 27.5 Å². The molecular weight excluding hydrogens is 343 g/mol. The Morgan fingerprint density at radius 2 is 2.05 bits per heavy atom. The van der Waals surface area contributed by atoms with Gasteiger partial charge in [-0.3, -0.25) is 4.57 Å². The van der Waals surface area contributed by atoms with E-state index in [9.17, 15) is 4.39 Å². The molecule has 0 aliphatic heterocycles. The van der Waals surface area contributed by atoms with Crippen LogP contribution in [0.2, 0.25) is 0 Å². The van der Waals surface area contributed by atoms with Crippen LogP contribution in [0.3, 0.4) is 0 Å². The fourth-order valence-corrected chi connectivity index (χ4v) is 2.86. The van der Waals surface area contributed by atoms with Crippen molar-refractivity contribution in [1.29, 1.82) is 0 Å². The van der Waals surface area contributed by atoms with E-state index in [0.29, 0.717) is 5.82 Å². The minimum absolute atomic E-state index is 0.264. The average Bonchev–Trinajstić information content (AvgIpc) is 2.74. The first-order valence-electron chi connectivity index (χ1n) is 6.09. The molecule has 20 heavy (non-hydrogen) atoms. The van der Waals surface area contributed by atoms with Crippen molar-refractivity contribution < 1.29 is 4.39 Å². The molecule has 0 bridgehead atoms. The highest BCUT2D eigenvalue weighted by Gasteiger charge is 2.13. The summed E-state index contributed by atoms with van der Waals surface area (Å²) in [5.41, 5.74) is 3.34. The van der Waals surface area contributed by atoms with Gasteiger partial charge in [0, 0.05) is 4.47 Å². The van der Waals surface area contributed by atoms with Gasteiger partial charge in [-0.05, 0) is 48.9 Å². The van der Waals surface area contributed by atoms with Crippen LogP contribution in [0.1, 0.15) is 11.4 Å². The van der Waals surface area contributed by atoms with E-state index in [1.807, 2.05) is 35.8 Å². The monoisotopic (exact) mass is 352 g/mol. The molecule has 0 saturated carbocycles. The predicted octanol–water partition coefficient (Wildman–Crippen LogP) is 4.97. The number of nitrogens with zero attached hydrogens (tertiary/aromatic N) is 2. The standard InChI is InChI=1S/C15H11BrClFN2/c1-9-4-11(18)7-12(5-9)20-14-3-2-10(16)6-13(14)19-15(20)8-17/h2-7H,8H2,1H3. The molecule has 0 radical (unpaired) electrons. The van der Waals surface area contributed by atoms with Crippen LogP contribution in [-0.2, 0) is 5.88 Å². The molecule has 0 aliphatic rings. The lowest BCUT2D eigenvalue weighted by atomic mass is 10.2. The van der Waals surface area contributed by atoms with Crippen molar-refractivity contribution in [3.63, 3.8) is 0 Å². The first-order chi connectivity index (χ1) is 9.58. The van der Waals surface area contributed by atoms with E-state index in [-0.39, 0.29) is 11.7 Å². The minimum Gasteiger partial charge on any atom is -0.295 e. The fraction of sp³-hybridized carbons (Fsp3) is 0.133. The van der Waals surface area contributed by atoms with E-state index in [4.69, 9.17) is 11.6 Å². The van der Waals surface area contributed by atoms with Crippen LogP contribution in [0.4, 0.5) is 4.39 Å². The Balaban J connectivity index is 2.33. The van der Waals surface area contributed by atoms with E-state index in [2.05, 4.69) is 20.9 Å². The Morgan fingerprint density at radius 3 is 2.75 bits per heavy atom. The van der Waals surface area contributed by atoms with Crippen molar-refractivity contribution in [2.75, 3.05) is 0 Å². The van der Waals surface area contributed by atoms with E-state index < -0.39 is 0 Å². The second kappa shape index (κ2) is 5.19. The summed E-state index contributed by atoms with van der Waals surface area (Å²) in [6.07, 6.45) is 0. The Kier molecular flexibility index (Phi) is 3.52. The van der Waals surface area contributed by atoms with Gasteiger partial charge in [-0.1, -0.05) is 15.9 Å². The van der Waals surface area contributed by atoms with Crippen LogP contribution in [0.25, 0.3) is 16.7 Å². The molecule has 0 amide bonds. The molecule has 0 unspecified atom stereocenters. The summed E-state index contributed by atoms with van der Waals surface area (Å²) in [5, 5.41) is 0. The maximum atomic E-state index is 13.6. The molecule has 0 aliphatic carbocycles. The van der Waals surface area contributed by atoms with Crippen LogP contribution in [0, 0.1) is 12.7 Å². The summed E-state index contributed by atoms with van der Waals surface area (Å²) < 4.78 is 16.5. The van der Waals surface area contributed by atoms with Crippen molar-refractivity contribution >= 4 is 38.6 Å². The Hall–Kier alpha value is -1.39. The second-order valence-electron chi connectivity index (χ2n) is 4.62. The van der Waals surface area contributed by atoms with Gasteiger partial charge in [-0.15, -0.1) is 11.6 Å². The van der Waals surface area contributed by atoms with Gasteiger partial charge in [0.2, 0.25) is 0 Å². The number of aromatic nitrogens is 2. The molecule has 0 saturated heterocycles. The molecule has 1 aromatic heterocycles. The Bertz CT molecular complexity index is 778. The molecule has 3 aromatic rings. The molecule has 1 heterocycles. The zero-order valence-corrected chi connectivity index (χ0v) is 13.0. The van der Waals surface area contributed by atoms with Crippen LogP contribution < -0.4 is 0 Å². The topological polar surface area (TPSA) is 17.8 Å². The van der Waals surface area contributed by atoms with Gasteiger partial charge < -0.3 is 0 Å². The molecule has 0 spiro atoms. The number of halogens is 3. The number of imidazole rings is 1. The van der Waals surface area contributed by atoms with Gasteiger partial charge in [0.1, 0.15) is 11.6 Å². The van der Waals surface area contributed by atoms with Crippen molar-refractivity contribution in [3.8, 4) is 5.69 Å². The number of alkyl halides is 1. The van der Waals surface area contributed by atoms with Crippen molar-refractivity contribution in [3.05, 3.63) is 58.1 Å². The van der Waals surface area contributed by atoms with Gasteiger partial charge in [0.15, 0.2) is 0 Å². The highest BCUT2D eigenvalue weighted by atomic mass is 79.9. The summed E-state index contributed by atoms with van der Waals surface area (Å²) in [4.78, 5) is 4.51.